The van der Waals surface area contributed by atoms with Gasteiger partial charge in [-0.15, -0.1) is 0 Å². The summed E-state index contributed by atoms with van der Waals surface area (Å²) in [7, 11) is 0. The molecule has 0 atom stereocenters. The Labute approximate surface area is 429 Å². The number of rotatable bonds is 10. The fourth-order valence-electron chi connectivity index (χ4n) is 11.1. The third-order valence-electron chi connectivity index (χ3n) is 14.6. The average Bonchev–Trinajstić information content (AvgIpc) is 4.01. The molecule has 0 saturated heterocycles. The summed E-state index contributed by atoms with van der Waals surface area (Å²) >= 11 is 0. The zero-order chi connectivity index (χ0) is 49.0. The number of hydrogen-bond donors (Lipinski definition) is 0. The van der Waals surface area contributed by atoms with Gasteiger partial charge in [0.05, 0.1) is 22.1 Å². The molecule has 14 rings (SSSR count). The highest BCUT2D eigenvalue weighted by Gasteiger charge is 2.18. The quantitative estimate of drug-likeness (QED) is 0.127. The molecule has 74 heavy (non-hydrogen) atoms. The maximum absolute atomic E-state index is 2.37. The maximum atomic E-state index is 2.37. The monoisotopic (exact) mass is 944 g/mol. The number of aromatic nitrogens is 2. The highest BCUT2D eigenvalue weighted by molar-refractivity contribution is 6.10. The summed E-state index contributed by atoms with van der Waals surface area (Å²) in [4.78, 5) is 4.71. The Bertz CT molecular complexity index is 4020. The van der Waals surface area contributed by atoms with Crippen molar-refractivity contribution in [1.29, 1.82) is 0 Å². The second-order valence-corrected chi connectivity index (χ2v) is 19.0. The number of para-hydroxylation sites is 4. The fraction of sp³-hybridized carbons (Fsp3) is 0. The number of fused-ring (bicyclic) bond motifs is 8. The van der Waals surface area contributed by atoms with Gasteiger partial charge in [0, 0.05) is 67.0 Å². The van der Waals surface area contributed by atoms with Crippen molar-refractivity contribution in [2.75, 3.05) is 9.80 Å². The van der Waals surface area contributed by atoms with Crippen LogP contribution in [0.15, 0.2) is 279 Å². The molecule has 0 fully saturated rings. The highest BCUT2D eigenvalue weighted by atomic mass is 15.1. The van der Waals surface area contributed by atoms with Gasteiger partial charge >= 0.3 is 0 Å². The topological polar surface area (TPSA) is 16.3 Å². The van der Waals surface area contributed by atoms with E-state index in [0.717, 1.165) is 56.6 Å². The van der Waals surface area contributed by atoms with Crippen LogP contribution < -0.4 is 9.80 Å². The van der Waals surface area contributed by atoms with Gasteiger partial charge in [-0.1, -0.05) is 170 Å². The van der Waals surface area contributed by atoms with Gasteiger partial charge in [-0.2, -0.15) is 0 Å². The molecule has 348 valence electrons. The molecule has 0 aliphatic rings. The van der Waals surface area contributed by atoms with Gasteiger partial charge < -0.3 is 18.9 Å². The van der Waals surface area contributed by atoms with E-state index in [1.54, 1.807) is 0 Å². The maximum Gasteiger partial charge on any atom is 0.0541 e. The minimum Gasteiger partial charge on any atom is -0.310 e. The number of hydrogen-bond acceptors (Lipinski definition) is 2. The van der Waals surface area contributed by atoms with Crippen LogP contribution in [-0.2, 0) is 0 Å². The molecule has 0 bridgehead atoms. The van der Waals surface area contributed by atoms with Crippen LogP contribution in [0.3, 0.4) is 0 Å². The summed E-state index contributed by atoms with van der Waals surface area (Å²) in [5.74, 6) is 0. The molecule has 0 unspecified atom stereocenters. The first-order valence-electron chi connectivity index (χ1n) is 25.3. The molecule has 0 aliphatic carbocycles. The lowest BCUT2D eigenvalue weighted by molar-refractivity contribution is 1.17. The van der Waals surface area contributed by atoms with E-state index in [4.69, 9.17) is 0 Å². The average molecular weight is 945 g/mol. The van der Waals surface area contributed by atoms with E-state index in [1.165, 1.54) is 65.2 Å². The van der Waals surface area contributed by atoms with Gasteiger partial charge in [0.2, 0.25) is 0 Å². The zero-order valence-corrected chi connectivity index (χ0v) is 40.5. The Kier molecular flexibility index (Phi) is 10.5. The molecular weight excluding hydrogens is 897 g/mol. The van der Waals surface area contributed by atoms with E-state index in [1.807, 2.05) is 0 Å². The van der Waals surface area contributed by atoms with Crippen molar-refractivity contribution in [1.82, 2.24) is 9.13 Å². The predicted octanol–water partition coefficient (Wildman–Crippen LogP) is 19.3. The van der Waals surface area contributed by atoms with Crippen molar-refractivity contribution in [3.8, 4) is 11.4 Å². The SMILES string of the molecule is C(=Cc1ccc(N(c2ccc(-n3c4ccccc4c4ccccc43)cc2)c2ccc3ccccc3c2)cc1)c1ccc(N(c2ccc(-n3c4ccccc4c4ccccc43)cc2)c2ccc3ccccc3c2)cc1. The van der Waals surface area contributed by atoms with E-state index in [-0.39, 0.29) is 0 Å². The third kappa shape index (κ3) is 7.56. The van der Waals surface area contributed by atoms with E-state index in [0.29, 0.717) is 0 Å². The summed E-state index contributed by atoms with van der Waals surface area (Å²) in [5.41, 5.74) is 15.9. The van der Waals surface area contributed by atoms with Gasteiger partial charge in [-0.25, -0.2) is 0 Å². The van der Waals surface area contributed by atoms with Crippen molar-refractivity contribution in [2.45, 2.75) is 0 Å². The van der Waals surface area contributed by atoms with Crippen LogP contribution in [0.25, 0.3) is 88.7 Å². The molecule has 4 heteroatoms. The van der Waals surface area contributed by atoms with E-state index < -0.39 is 0 Å². The van der Waals surface area contributed by atoms with Crippen LogP contribution in [0, 0.1) is 0 Å². The molecular formula is C70H48N4. The van der Waals surface area contributed by atoms with E-state index in [2.05, 4.69) is 310 Å². The molecule has 2 aromatic heterocycles. The Morgan fingerprint density at radius 2 is 0.500 bits per heavy atom. The molecule has 4 nitrogen and oxygen atoms in total. The Morgan fingerprint density at radius 3 is 0.838 bits per heavy atom. The van der Waals surface area contributed by atoms with Crippen LogP contribution in [0.2, 0.25) is 0 Å². The van der Waals surface area contributed by atoms with Gasteiger partial charge in [-0.3, -0.25) is 0 Å². The molecule has 0 aliphatic heterocycles. The van der Waals surface area contributed by atoms with Gasteiger partial charge in [0.15, 0.2) is 0 Å². The summed E-state index contributed by atoms with van der Waals surface area (Å²) in [6, 6.07) is 101. The Hall–Kier alpha value is -9.90. The summed E-state index contributed by atoms with van der Waals surface area (Å²) in [6.07, 6.45) is 4.41. The lowest BCUT2D eigenvalue weighted by Crippen LogP contribution is -2.10. The predicted molar refractivity (Wildman–Crippen MR) is 315 cm³/mol. The second kappa shape index (κ2) is 18.1. The largest absolute Gasteiger partial charge is 0.310 e. The summed E-state index contributed by atoms with van der Waals surface area (Å²) in [5, 5.41) is 9.88. The van der Waals surface area contributed by atoms with Crippen molar-refractivity contribution in [2.24, 2.45) is 0 Å². The highest BCUT2D eigenvalue weighted by Crippen LogP contribution is 2.41. The standard InChI is InChI=1S/C70H48N4/c1-3-15-53-47-61(37-31-51(53)13-1)71(57-39-43-59(44-40-57)73-67-21-9-5-17-63(67)64-18-6-10-22-68(64)73)55-33-27-49(28-34-55)25-26-50-29-35-56(36-30-50)72(62-38-32-52-14-2-4-16-54(52)48-62)58-41-45-60(46-42-58)74-69-23-11-7-19-65(69)66-20-8-12-24-70(66)74/h1-48H. The molecule has 0 radical (unpaired) electrons. The first kappa shape index (κ1) is 42.9. The second-order valence-electron chi connectivity index (χ2n) is 19.0. The number of anilines is 6. The molecule has 0 N–H and O–H groups in total. The minimum atomic E-state index is 1.09. The van der Waals surface area contributed by atoms with E-state index >= 15 is 0 Å². The normalized spacial score (nSPS) is 11.7. The molecule has 2 heterocycles. The van der Waals surface area contributed by atoms with Crippen LogP contribution in [0.1, 0.15) is 11.1 Å². The fourth-order valence-corrected chi connectivity index (χ4v) is 11.1. The first-order chi connectivity index (χ1) is 36.7. The van der Waals surface area contributed by atoms with Crippen molar-refractivity contribution >= 4 is 111 Å². The lowest BCUT2D eigenvalue weighted by atomic mass is 10.1. The lowest BCUT2D eigenvalue weighted by Gasteiger charge is -2.26. The van der Waals surface area contributed by atoms with Crippen LogP contribution in [0.5, 0.6) is 0 Å². The molecule has 0 saturated carbocycles. The van der Waals surface area contributed by atoms with Gasteiger partial charge in [-0.05, 0) is 154 Å². The Morgan fingerprint density at radius 1 is 0.230 bits per heavy atom. The van der Waals surface area contributed by atoms with E-state index in [9.17, 15) is 0 Å². The first-order valence-corrected chi connectivity index (χ1v) is 25.3. The minimum absolute atomic E-state index is 1.09. The number of nitrogens with zero attached hydrogens (tertiary/aromatic N) is 4. The van der Waals surface area contributed by atoms with Crippen molar-refractivity contribution < 1.29 is 0 Å². The molecule has 14 aromatic rings. The molecule has 0 spiro atoms. The smallest absolute Gasteiger partial charge is 0.0541 e. The molecule has 12 aromatic carbocycles. The molecule has 0 amide bonds. The van der Waals surface area contributed by atoms with Crippen LogP contribution in [0.4, 0.5) is 34.1 Å². The van der Waals surface area contributed by atoms with Crippen molar-refractivity contribution in [3.05, 3.63) is 290 Å². The zero-order valence-electron chi connectivity index (χ0n) is 40.5. The number of benzene rings is 12. The van der Waals surface area contributed by atoms with Gasteiger partial charge in [0.25, 0.3) is 0 Å². The van der Waals surface area contributed by atoms with Crippen LogP contribution >= 0.6 is 0 Å². The van der Waals surface area contributed by atoms with Gasteiger partial charge in [0.1, 0.15) is 0 Å². The summed E-state index contributed by atoms with van der Waals surface area (Å²) < 4.78 is 4.74. The van der Waals surface area contributed by atoms with Crippen LogP contribution in [-0.4, -0.2) is 9.13 Å². The summed E-state index contributed by atoms with van der Waals surface area (Å²) in [6.45, 7) is 0. The Balaban J connectivity index is 0.769. The third-order valence-corrected chi connectivity index (χ3v) is 14.6. The van der Waals surface area contributed by atoms with Crippen molar-refractivity contribution in [3.63, 3.8) is 0 Å².